The number of benzene rings is 2. The van der Waals surface area contributed by atoms with E-state index >= 15 is 0 Å². The van der Waals surface area contributed by atoms with Crippen molar-refractivity contribution >= 4 is 33.4 Å². The van der Waals surface area contributed by atoms with Crippen LogP contribution in [0.15, 0.2) is 53.4 Å². The van der Waals surface area contributed by atoms with Crippen molar-refractivity contribution in [3.05, 3.63) is 64.7 Å². The molecule has 28 heavy (non-hydrogen) atoms. The Bertz CT molecular complexity index is 974. The Balaban J connectivity index is 1.75. The van der Waals surface area contributed by atoms with Crippen molar-refractivity contribution < 1.29 is 18.0 Å². The largest absolute Gasteiger partial charge is 0.271 e. The van der Waals surface area contributed by atoms with E-state index in [1.165, 1.54) is 22.5 Å². The molecule has 3 rings (SSSR count). The fourth-order valence-corrected chi connectivity index (χ4v) is 4.68. The zero-order valence-corrected chi connectivity index (χ0v) is 16.6. The molecule has 2 aromatic rings. The van der Waals surface area contributed by atoms with Crippen LogP contribution in [0.3, 0.4) is 0 Å². The monoisotopic (exact) mass is 421 g/mol. The van der Waals surface area contributed by atoms with Crippen LogP contribution < -0.4 is 10.9 Å². The zero-order valence-electron chi connectivity index (χ0n) is 15.0. The molecule has 1 fully saturated rings. The summed E-state index contributed by atoms with van der Waals surface area (Å²) in [7, 11) is -3.70. The molecule has 0 atom stereocenters. The number of carbonyl (C=O) groups excluding carboxylic acids is 2. The van der Waals surface area contributed by atoms with Crippen LogP contribution in [0.4, 0.5) is 0 Å². The topological polar surface area (TPSA) is 95.6 Å². The number of hydrazine groups is 1. The van der Waals surface area contributed by atoms with E-state index in [0.29, 0.717) is 18.7 Å². The predicted molar refractivity (Wildman–Crippen MR) is 105 cm³/mol. The van der Waals surface area contributed by atoms with Crippen molar-refractivity contribution in [2.24, 2.45) is 0 Å². The van der Waals surface area contributed by atoms with E-state index in [9.17, 15) is 18.0 Å². The third kappa shape index (κ3) is 4.52. The minimum absolute atomic E-state index is 0.00154. The van der Waals surface area contributed by atoms with E-state index < -0.39 is 21.8 Å². The standard InChI is InChI=1S/C19H20ClN3O4S/c20-17-10-9-15(28(26,27)23-11-5-2-6-12-23)13-16(17)19(25)22-21-18(24)14-7-3-1-4-8-14/h1,3-4,7-10,13H,2,5-6,11-12H2,(H,21,24)(H,22,25). The molecular weight excluding hydrogens is 402 g/mol. The summed E-state index contributed by atoms with van der Waals surface area (Å²) in [4.78, 5) is 24.5. The van der Waals surface area contributed by atoms with Gasteiger partial charge in [-0.2, -0.15) is 4.31 Å². The Morgan fingerprint density at radius 1 is 0.893 bits per heavy atom. The van der Waals surface area contributed by atoms with E-state index in [1.807, 2.05) is 0 Å². The van der Waals surface area contributed by atoms with Gasteiger partial charge in [0.15, 0.2) is 0 Å². The van der Waals surface area contributed by atoms with Gasteiger partial charge >= 0.3 is 0 Å². The first-order valence-electron chi connectivity index (χ1n) is 8.85. The summed E-state index contributed by atoms with van der Waals surface area (Å²) < 4.78 is 27.0. The SMILES string of the molecule is O=C(NNC(=O)c1cc(S(=O)(=O)N2CCCCC2)ccc1Cl)c1ccccc1. The van der Waals surface area contributed by atoms with Gasteiger partial charge in [0.2, 0.25) is 10.0 Å². The third-order valence-corrected chi connectivity index (χ3v) is 6.69. The highest BCUT2D eigenvalue weighted by Gasteiger charge is 2.27. The highest BCUT2D eigenvalue weighted by atomic mass is 35.5. The summed E-state index contributed by atoms with van der Waals surface area (Å²) in [6.45, 7) is 0.916. The van der Waals surface area contributed by atoms with E-state index in [0.717, 1.165) is 19.3 Å². The Morgan fingerprint density at radius 2 is 1.54 bits per heavy atom. The van der Waals surface area contributed by atoms with Crippen LogP contribution >= 0.6 is 11.6 Å². The molecule has 148 valence electrons. The Morgan fingerprint density at radius 3 is 2.21 bits per heavy atom. The van der Waals surface area contributed by atoms with Crippen LogP contribution in [0, 0.1) is 0 Å². The lowest BCUT2D eigenvalue weighted by Crippen LogP contribution is -2.41. The third-order valence-electron chi connectivity index (χ3n) is 4.46. The van der Waals surface area contributed by atoms with Crippen LogP contribution in [-0.2, 0) is 10.0 Å². The number of hydrogen-bond donors (Lipinski definition) is 2. The van der Waals surface area contributed by atoms with Gasteiger partial charge < -0.3 is 0 Å². The summed E-state index contributed by atoms with van der Waals surface area (Å²) in [5, 5.41) is 0.0871. The number of nitrogens with one attached hydrogen (secondary N) is 2. The average molecular weight is 422 g/mol. The first-order chi connectivity index (χ1) is 13.4. The molecule has 1 aliphatic rings. The molecule has 7 nitrogen and oxygen atoms in total. The molecule has 0 aliphatic carbocycles. The summed E-state index contributed by atoms with van der Waals surface area (Å²) >= 11 is 6.08. The lowest BCUT2D eigenvalue weighted by Gasteiger charge is -2.26. The molecule has 1 heterocycles. The van der Waals surface area contributed by atoms with Gasteiger partial charge in [-0.3, -0.25) is 20.4 Å². The molecule has 0 aromatic heterocycles. The van der Waals surface area contributed by atoms with Gasteiger partial charge in [0.05, 0.1) is 15.5 Å². The Hall–Kier alpha value is -2.42. The zero-order chi connectivity index (χ0) is 20.1. The maximum absolute atomic E-state index is 12.8. The highest BCUT2D eigenvalue weighted by molar-refractivity contribution is 7.89. The van der Waals surface area contributed by atoms with E-state index in [1.54, 1.807) is 30.3 Å². The number of sulfonamides is 1. The number of nitrogens with zero attached hydrogens (tertiary/aromatic N) is 1. The van der Waals surface area contributed by atoms with Crippen LogP contribution in [0.25, 0.3) is 0 Å². The van der Waals surface area contributed by atoms with Crippen molar-refractivity contribution in [2.75, 3.05) is 13.1 Å². The lowest BCUT2D eigenvalue weighted by atomic mass is 10.2. The first-order valence-corrected chi connectivity index (χ1v) is 10.7. The molecule has 0 spiro atoms. The number of rotatable bonds is 4. The van der Waals surface area contributed by atoms with Crippen LogP contribution in [0.2, 0.25) is 5.02 Å². The average Bonchev–Trinajstić information content (AvgIpc) is 2.73. The van der Waals surface area contributed by atoms with Gasteiger partial charge in [-0.25, -0.2) is 8.42 Å². The number of carbonyl (C=O) groups is 2. The number of piperidine rings is 1. The maximum Gasteiger partial charge on any atom is 0.271 e. The first kappa shape index (κ1) is 20.3. The molecule has 2 amide bonds. The second kappa shape index (κ2) is 8.72. The van der Waals surface area contributed by atoms with Gasteiger partial charge in [0, 0.05) is 18.7 Å². The molecule has 1 saturated heterocycles. The van der Waals surface area contributed by atoms with Crippen molar-refractivity contribution in [1.82, 2.24) is 15.2 Å². The van der Waals surface area contributed by atoms with E-state index in [2.05, 4.69) is 10.9 Å². The van der Waals surface area contributed by atoms with Crippen LogP contribution in [-0.4, -0.2) is 37.6 Å². The van der Waals surface area contributed by atoms with Gasteiger partial charge in [-0.15, -0.1) is 0 Å². The molecule has 0 unspecified atom stereocenters. The predicted octanol–water partition coefficient (Wildman–Crippen LogP) is 2.59. The number of halogens is 1. The molecular formula is C19H20ClN3O4S. The number of hydrogen-bond acceptors (Lipinski definition) is 4. The fourth-order valence-electron chi connectivity index (χ4n) is 2.94. The van der Waals surface area contributed by atoms with Crippen molar-refractivity contribution in [3.8, 4) is 0 Å². The van der Waals surface area contributed by atoms with Crippen LogP contribution in [0.1, 0.15) is 40.0 Å². The molecule has 0 radical (unpaired) electrons. The molecule has 2 N–H and O–H groups in total. The highest BCUT2D eigenvalue weighted by Crippen LogP contribution is 2.25. The molecule has 0 saturated carbocycles. The van der Waals surface area contributed by atoms with Crippen molar-refractivity contribution in [2.45, 2.75) is 24.2 Å². The van der Waals surface area contributed by atoms with Gasteiger partial charge in [-0.05, 0) is 43.2 Å². The molecule has 1 aliphatic heterocycles. The Labute approximate surface area is 168 Å². The van der Waals surface area contributed by atoms with Crippen molar-refractivity contribution in [1.29, 1.82) is 0 Å². The minimum Gasteiger partial charge on any atom is -0.267 e. The van der Waals surface area contributed by atoms with Crippen LogP contribution in [0.5, 0.6) is 0 Å². The van der Waals surface area contributed by atoms with Crippen molar-refractivity contribution in [3.63, 3.8) is 0 Å². The van der Waals surface area contributed by atoms with E-state index in [-0.39, 0.29) is 15.5 Å². The maximum atomic E-state index is 12.8. The summed E-state index contributed by atoms with van der Waals surface area (Å²) in [6, 6.07) is 12.3. The van der Waals surface area contributed by atoms with Gasteiger partial charge in [0.25, 0.3) is 11.8 Å². The minimum atomic E-state index is -3.70. The smallest absolute Gasteiger partial charge is 0.267 e. The molecule has 0 bridgehead atoms. The summed E-state index contributed by atoms with van der Waals surface area (Å²) in [5.41, 5.74) is 4.89. The normalized spacial score (nSPS) is 15.0. The number of amides is 2. The second-order valence-electron chi connectivity index (χ2n) is 6.38. The summed E-state index contributed by atoms with van der Waals surface area (Å²) in [5.74, 6) is -1.20. The second-order valence-corrected chi connectivity index (χ2v) is 8.73. The summed E-state index contributed by atoms with van der Waals surface area (Å²) in [6.07, 6.45) is 2.62. The lowest BCUT2D eigenvalue weighted by molar-refractivity contribution is 0.0846. The van der Waals surface area contributed by atoms with Gasteiger partial charge in [0.1, 0.15) is 0 Å². The Kier molecular flexibility index (Phi) is 6.33. The fraction of sp³-hybridized carbons (Fsp3) is 0.263. The molecule has 9 heteroatoms. The van der Waals surface area contributed by atoms with Gasteiger partial charge in [-0.1, -0.05) is 36.2 Å². The van der Waals surface area contributed by atoms with E-state index in [4.69, 9.17) is 11.6 Å². The quantitative estimate of drug-likeness (QED) is 0.741. The molecule has 2 aromatic carbocycles.